The third-order valence-electron chi connectivity index (χ3n) is 3.80. The van der Waals surface area contributed by atoms with E-state index in [4.69, 9.17) is 9.15 Å². The van der Waals surface area contributed by atoms with E-state index in [1.807, 2.05) is 12.1 Å². The van der Waals surface area contributed by atoms with Gasteiger partial charge in [-0.3, -0.25) is 9.59 Å². The van der Waals surface area contributed by atoms with E-state index in [9.17, 15) is 9.59 Å². The topological polar surface area (TPSA) is 68.5 Å². The fourth-order valence-corrected chi connectivity index (χ4v) is 2.46. The van der Waals surface area contributed by atoms with E-state index < -0.39 is 0 Å². The van der Waals surface area contributed by atoms with Crippen LogP contribution in [0.5, 0.6) is 5.75 Å². The summed E-state index contributed by atoms with van der Waals surface area (Å²) in [5.41, 5.74) is 1.93. The Morgan fingerprint density at radius 2 is 1.88 bits per heavy atom. The van der Waals surface area contributed by atoms with Crippen LogP contribution in [0.4, 0.5) is 0 Å². The molecule has 3 aromatic rings. The summed E-state index contributed by atoms with van der Waals surface area (Å²) in [4.78, 5) is 23.8. The zero-order valence-corrected chi connectivity index (χ0v) is 13.9. The number of nitrogens with one attached hydrogen (secondary N) is 1. The second kappa shape index (κ2) is 7.05. The average Bonchev–Trinajstić information content (AvgIpc) is 3.10. The summed E-state index contributed by atoms with van der Waals surface area (Å²) in [6.07, 6.45) is 3.12. The molecule has 25 heavy (non-hydrogen) atoms. The Hall–Kier alpha value is -3.34. The number of carbonyl (C=O) groups excluding carboxylic acids is 2. The maximum Gasteiger partial charge on any atom is 0.251 e. The van der Waals surface area contributed by atoms with Gasteiger partial charge in [0.2, 0.25) is 5.78 Å². The number of carbonyl (C=O) groups is 2. The van der Waals surface area contributed by atoms with Crippen molar-refractivity contribution in [1.29, 1.82) is 0 Å². The van der Waals surface area contributed by atoms with Gasteiger partial charge in [-0.25, -0.2) is 0 Å². The number of hydrogen-bond donors (Lipinski definition) is 1. The number of furan rings is 1. The molecule has 0 aliphatic heterocycles. The lowest BCUT2D eigenvalue weighted by atomic mass is 10.1. The molecule has 0 bridgehead atoms. The Bertz CT molecular complexity index is 951. The molecule has 0 spiro atoms. The second-order valence-electron chi connectivity index (χ2n) is 5.39. The highest BCUT2D eigenvalue weighted by atomic mass is 16.5. The van der Waals surface area contributed by atoms with E-state index in [1.165, 1.54) is 6.08 Å². The van der Waals surface area contributed by atoms with E-state index in [0.717, 1.165) is 10.9 Å². The number of benzene rings is 2. The van der Waals surface area contributed by atoms with E-state index >= 15 is 0 Å². The molecule has 1 N–H and O–H groups in total. The van der Waals surface area contributed by atoms with Crippen molar-refractivity contribution in [3.8, 4) is 5.75 Å². The van der Waals surface area contributed by atoms with Crippen molar-refractivity contribution in [2.24, 2.45) is 0 Å². The van der Waals surface area contributed by atoms with Gasteiger partial charge in [0, 0.05) is 18.0 Å². The van der Waals surface area contributed by atoms with E-state index in [2.05, 4.69) is 5.32 Å². The maximum atomic E-state index is 12.3. The van der Waals surface area contributed by atoms with Crippen molar-refractivity contribution in [2.75, 3.05) is 14.2 Å². The quantitative estimate of drug-likeness (QED) is 0.570. The average molecular weight is 335 g/mol. The summed E-state index contributed by atoms with van der Waals surface area (Å²) in [6, 6.07) is 14.1. The predicted octanol–water partition coefficient (Wildman–Crippen LogP) is 3.70. The third-order valence-corrected chi connectivity index (χ3v) is 3.80. The van der Waals surface area contributed by atoms with Crippen LogP contribution in [0.25, 0.3) is 17.0 Å². The Labute approximate surface area is 144 Å². The zero-order chi connectivity index (χ0) is 17.8. The molecule has 1 amide bonds. The van der Waals surface area contributed by atoms with Crippen molar-refractivity contribution >= 4 is 28.7 Å². The van der Waals surface area contributed by atoms with Gasteiger partial charge in [0.1, 0.15) is 0 Å². The molecule has 0 unspecified atom stereocenters. The molecule has 3 rings (SSSR count). The molecule has 0 atom stereocenters. The fourth-order valence-electron chi connectivity index (χ4n) is 2.46. The Kier molecular flexibility index (Phi) is 4.66. The van der Waals surface area contributed by atoms with Crippen LogP contribution in [0, 0.1) is 0 Å². The van der Waals surface area contributed by atoms with Gasteiger partial charge in [0.15, 0.2) is 17.1 Å². The molecule has 0 saturated carbocycles. The van der Waals surface area contributed by atoms with Crippen LogP contribution in [0.15, 0.2) is 59.0 Å². The molecule has 0 aliphatic carbocycles. The van der Waals surface area contributed by atoms with Crippen LogP contribution < -0.4 is 10.1 Å². The first kappa shape index (κ1) is 16.5. The number of ketones is 1. The first-order valence-corrected chi connectivity index (χ1v) is 7.73. The second-order valence-corrected chi connectivity index (χ2v) is 5.39. The minimum absolute atomic E-state index is 0.150. The minimum atomic E-state index is -0.242. The summed E-state index contributed by atoms with van der Waals surface area (Å²) in [5, 5.41) is 3.37. The molecule has 0 aliphatic rings. The summed E-state index contributed by atoms with van der Waals surface area (Å²) < 4.78 is 10.9. The van der Waals surface area contributed by atoms with Crippen molar-refractivity contribution < 1.29 is 18.7 Å². The van der Waals surface area contributed by atoms with Gasteiger partial charge in [-0.15, -0.1) is 0 Å². The largest absolute Gasteiger partial charge is 0.493 e. The van der Waals surface area contributed by atoms with Crippen LogP contribution in [0.1, 0.15) is 26.5 Å². The molecule has 1 heterocycles. The van der Waals surface area contributed by atoms with Gasteiger partial charge in [0.05, 0.1) is 7.11 Å². The number of amides is 1. The predicted molar refractivity (Wildman–Crippen MR) is 96.0 cm³/mol. The summed E-state index contributed by atoms with van der Waals surface area (Å²) in [7, 11) is 3.14. The van der Waals surface area contributed by atoms with Gasteiger partial charge in [-0.1, -0.05) is 30.3 Å². The lowest BCUT2D eigenvalue weighted by Crippen LogP contribution is -2.17. The number of hydrogen-bond acceptors (Lipinski definition) is 4. The SMILES string of the molecule is CNC(=O)c1ccc(/C=C/C(=O)c2cc3cccc(OC)c3o2)cc1. The van der Waals surface area contributed by atoms with Gasteiger partial charge in [-0.05, 0) is 35.9 Å². The normalized spacial score (nSPS) is 11.0. The van der Waals surface area contributed by atoms with Crippen LogP contribution in [-0.2, 0) is 0 Å². The highest BCUT2D eigenvalue weighted by Gasteiger charge is 2.12. The van der Waals surface area contributed by atoms with Crippen LogP contribution >= 0.6 is 0 Å². The zero-order valence-electron chi connectivity index (χ0n) is 13.9. The number of ether oxygens (including phenoxy) is 1. The third kappa shape index (κ3) is 3.45. The van der Waals surface area contributed by atoms with Crippen molar-refractivity contribution in [1.82, 2.24) is 5.32 Å². The number of methoxy groups -OCH3 is 1. The molecular formula is C20H17NO4. The first-order valence-electron chi connectivity index (χ1n) is 7.73. The maximum absolute atomic E-state index is 12.3. The first-order chi connectivity index (χ1) is 12.1. The summed E-state index contributed by atoms with van der Waals surface area (Å²) >= 11 is 0. The molecule has 5 heteroatoms. The smallest absolute Gasteiger partial charge is 0.251 e. The Morgan fingerprint density at radius 1 is 1.12 bits per heavy atom. The molecule has 5 nitrogen and oxygen atoms in total. The van der Waals surface area contributed by atoms with E-state index in [-0.39, 0.29) is 17.5 Å². The van der Waals surface area contributed by atoms with Gasteiger partial charge >= 0.3 is 0 Å². The number of rotatable bonds is 5. The molecule has 0 fully saturated rings. The van der Waals surface area contributed by atoms with Crippen LogP contribution in [0.2, 0.25) is 0 Å². The lowest BCUT2D eigenvalue weighted by Gasteiger charge is -1.99. The summed E-state index contributed by atoms with van der Waals surface area (Å²) in [5.74, 6) is 0.444. The number of allylic oxidation sites excluding steroid dienone is 1. The Morgan fingerprint density at radius 3 is 2.56 bits per heavy atom. The molecule has 2 aromatic carbocycles. The Balaban J connectivity index is 1.80. The van der Waals surface area contributed by atoms with E-state index in [0.29, 0.717) is 16.9 Å². The standard InChI is InChI=1S/C20H17NO4/c1-21-20(23)14-9-6-13(7-10-14)8-11-16(22)18-12-15-4-3-5-17(24-2)19(15)25-18/h3-12H,1-2H3,(H,21,23)/b11-8+. The van der Waals surface area contributed by atoms with Crippen molar-refractivity contribution in [2.45, 2.75) is 0 Å². The molecular weight excluding hydrogens is 318 g/mol. The van der Waals surface area contributed by atoms with Gasteiger partial charge in [-0.2, -0.15) is 0 Å². The van der Waals surface area contributed by atoms with Gasteiger partial charge < -0.3 is 14.5 Å². The van der Waals surface area contributed by atoms with Crippen molar-refractivity contribution in [3.63, 3.8) is 0 Å². The van der Waals surface area contributed by atoms with Crippen molar-refractivity contribution in [3.05, 3.63) is 71.5 Å². The minimum Gasteiger partial charge on any atom is -0.493 e. The molecule has 0 saturated heterocycles. The van der Waals surface area contributed by atoms with Crippen LogP contribution in [-0.4, -0.2) is 25.8 Å². The number of fused-ring (bicyclic) bond motifs is 1. The van der Waals surface area contributed by atoms with Gasteiger partial charge in [0.25, 0.3) is 5.91 Å². The fraction of sp³-hybridized carbons (Fsp3) is 0.100. The highest BCUT2D eigenvalue weighted by molar-refractivity contribution is 6.07. The van der Waals surface area contributed by atoms with Crippen LogP contribution in [0.3, 0.4) is 0 Å². The van der Waals surface area contributed by atoms with E-state index in [1.54, 1.807) is 56.6 Å². The molecule has 126 valence electrons. The molecule has 0 radical (unpaired) electrons. The lowest BCUT2D eigenvalue weighted by molar-refractivity contribution is 0.0962. The monoisotopic (exact) mass is 335 g/mol. The highest BCUT2D eigenvalue weighted by Crippen LogP contribution is 2.28. The summed E-state index contributed by atoms with van der Waals surface area (Å²) in [6.45, 7) is 0. The number of para-hydroxylation sites is 1. The molecule has 1 aromatic heterocycles.